The van der Waals surface area contributed by atoms with Crippen LogP contribution in [0.4, 0.5) is 0 Å². The number of hydrogen-bond donors (Lipinski definition) is 0. The van der Waals surface area contributed by atoms with Crippen molar-refractivity contribution < 1.29 is 9.53 Å². The molecule has 2 rings (SSSR count). The van der Waals surface area contributed by atoms with E-state index in [0.29, 0.717) is 21.9 Å². The minimum absolute atomic E-state index is 0.158. The summed E-state index contributed by atoms with van der Waals surface area (Å²) >= 11 is 5.79. The van der Waals surface area contributed by atoms with Crippen molar-refractivity contribution in [3.63, 3.8) is 0 Å². The average molecular weight is 286 g/mol. The summed E-state index contributed by atoms with van der Waals surface area (Å²) in [5.41, 5.74) is 0.930. The van der Waals surface area contributed by atoms with Gasteiger partial charge in [-0.25, -0.2) is 0 Å². The number of hydrogen-bond acceptors (Lipinski definition) is 3. The molecule has 2 aromatic carbocycles. The van der Waals surface area contributed by atoms with Gasteiger partial charge < -0.3 is 4.74 Å². The van der Waals surface area contributed by atoms with Crippen molar-refractivity contribution in [2.75, 3.05) is 0 Å². The summed E-state index contributed by atoms with van der Waals surface area (Å²) in [5.74, 6) is 0.249. The molecule has 4 heteroatoms. The molecule has 0 aromatic heterocycles. The lowest BCUT2D eigenvalue weighted by molar-refractivity contribution is 0.0818. The number of benzene rings is 2. The van der Waals surface area contributed by atoms with Crippen LogP contribution in [0, 0.1) is 11.3 Å². The number of carbonyl (C=O) groups is 1. The molecule has 0 N–H and O–H groups in total. The molecular formula is C16H12ClNO2. The van der Waals surface area contributed by atoms with Gasteiger partial charge in [-0.1, -0.05) is 23.7 Å². The van der Waals surface area contributed by atoms with Gasteiger partial charge in [0, 0.05) is 10.6 Å². The predicted molar refractivity (Wildman–Crippen MR) is 77.0 cm³/mol. The lowest BCUT2D eigenvalue weighted by Crippen LogP contribution is -2.24. The highest BCUT2D eigenvalue weighted by molar-refractivity contribution is 6.30. The van der Waals surface area contributed by atoms with Crippen molar-refractivity contribution in [1.82, 2.24) is 0 Å². The van der Waals surface area contributed by atoms with Gasteiger partial charge in [0.1, 0.15) is 11.8 Å². The topological polar surface area (TPSA) is 50.1 Å². The number of nitriles is 1. The Morgan fingerprint density at radius 3 is 2.50 bits per heavy atom. The fourth-order valence-corrected chi connectivity index (χ4v) is 1.88. The normalized spacial score (nSPS) is 11.4. The van der Waals surface area contributed by atoms with E-state index in [1.54, 1.807) is 55.5 Å². The molecule has 0 aliphatic heterocycles. The van der Waals surface area contributed by atoms with Gasteiger partial charge in [0.2, 0.25) is 5.78 Å². The molecule has 3 nitrogen and oxygen atoms in total. The Balaban J connectivity index is 2.16. The summed E-state index contributed by atoms with van der Waals surface area (Å²) in [7, 11) is 0. The maximum atomic E-state index is 12.2. The Hall–Kier alpha value is -2.31. The van der Waals surface area contributed by atoms with Gasteiger partial charge in [-0.05, 0) is 43.3 Å². The minimum Gasteiger partial charge on any atom is -0.481 e. The zero-order valence-electron chi connectivity index (χ0n) is 10.8. The molecule has 0 saturated heterocycles. The van der Waals surface area contributed by atoms with Crippen molar-refractivity contribution in [2.45, 2.75) is 13.0 Å². The molecule has 0 fully saturated rings. The zero-order valence-corrected chi connectivity index (χ0v) is 11.6. The summed E-state index contributed by atoms with van der Waals surface area (Å²) < 4.78 is 5.58. The zero-order chi connectivity index (χ0) is 14.5. The van der Waals surface area contributed by atoms with E-state index in [1.807, 2.05) is 6.07 Å². The van der Waals surface area contributed by atoms with Gasteiger partial charge in [0.05, 0.1) is 5.56 Å². The van der Waals surface area contributed by atoms with Gasteiger partial charge in [0.25, 0.3) is 0 Å². The molecule has 0 amide bonds. The summed E-state index contributed by atoms with van der Waals surface area (Å²) in [4.78, 5) is 12.2. The Kier molecular flexibility index (Phi) is 4.39. The fourth-order valence-electron chi connectivity index (χ4n) is 1.75. The maximum absolute atomic E-state index is 12.2. The molecule has 2 aromatic rings. The lowest BCUT2D eigenvalue weighted by Gasteiger charge is -2.14. The van der Waals surface area contributed by atoms with Crippen molar-refractivity contribution in [1.29, 1.82) is 5.26 Å². The van der Waals surface area contributed by atoms with Crippen LogP contribution in [0.2, 0.25) is 5.02 Å². The third kappa shape index (κ3) is 3.17. The molecular weight excluding hydrogens is 274 g/mol. The molecule has 0 aliphatic rings. The Labute approximate surface area is 122 Å². The standard InChI is InChI=1S/C16H12ClNO2/c1-11(16(19)12-6-8-14(17)9-7-12)20-15-5-3-2-4-13(15)10-18/h2-9,11H,1H3. The van der Waals surface area contributed by atoms with E-state index in [-0.39, 0.29) is 5.78 Å². The molecule has 1 unspecified atom stereocenters. The molecule has 0 aliphatic carbocycles. The first-order chi connectivity index (χ1) is 9.61. The lowest BCUT2D eigenvalue weighted by atomic mass is 10.1. The molecule has 0 saturated carbocycles. The number of Topliss-reactive ketones (excluding diaryl/α,β-unsaturated/α-hetero) is 1. The van der Waals surface area contributed by atoms with Crippen LogP contribution in [-0.2, 0) is 0 Å². The van der Waals surface area contributed by atoms with E-state index < -0.39 is 6.10 Å². The second-order valence-electron chi connectivity index (χ2n) is 4.24. The summed E-state index contributed by atoms with van der Waals surface area (Å²) in [6, 6.07) is 15.5. The quantitative estimate of drug-likeness (QED) is 0.802. The molecule has 0 spiro atoms. The van der Waals surface area contributed by atoms with Crippen molar-refractivity contribution in [3.05, 3.63) is 64.7 Å². The van der Waals surface area contributed by atoms with Gasteiger partial charge in [-0.3, -0.25) is 4.79 Å². The van der Waals surface area contributed by atoms with Crippen LogP contribution in [-0.4, -0.2) is 11.9 Å². The number of ether oxygens (including phenoxy) is 1. The predicted octanol–water partition coefficient (Wildman–Crippen LogP) is 3.86. The van der Waals surface area contributed by atoms with Crippen molar-refractivity contribution in [2.24, 2.45) is 0 Å². The second kappa shape index (κ2) is 6.23. The van der Waals surface area contributed by atoms with E-state index in [9.17, 15) is 4.79 Å². The first-order valence-corrected chi connectivity index (χ1v) is 6.45. The highest BCUT2D eigenvalue weighted by Crippen LogP contribution is 2.20. The largest absolute Gasteiger partial charge is 0.481 e. The van der Waals surface area contributed by atoms with Crippen molar-refractivity contribution in [3.8, 4) is 11.8 Å². The monoisotopic (exact) mass is 285 g/mol. The number of ketones is 1. The van der Waals surface area contributed by atoms with E-state index >= 15 is 0 Å². The van der Waals surface area contributed by atoms with Crippen LogP contribution in [0.15, 0.2) is 48.5 Å². The Morgan fingerprint density at radius 1 is 1.20 bits per heavy atom. The smallest absolute Gasteiger partial charge is 0.202 e. The highest BCUT2D eigenvalue weighted by Gasteiger charge is 2.18. The van der Waals surface area contributed by atoms with Gasteiger partial charge >= 0.3 is 0 Å². The molecule has 0 radical (unpaired) electrons. The van der Waals surface area contributed by atoms with Gasteiger partial charge in [-0.2, -0.15) is 5.26 Å². The molecule has 0 bridgehead atoms. The van der Waals surface area contributed by atoms with Crippen LogP contribution in [0.1, 0.15) is 22.8 Å². The van der Waals surface area contributed by atoms with Crippen molar-refractivity contribution >= 4 is 17.4 Å². The Bertz CT molecular complexity index is 659. The SMILES string of the molecule is CC(Oc1ccccc1C#N)C(=O)c1ccc(Cl)cc1. The molecule has 1 atom stereocenters. The van der Waals surface area contributed by atoms with E-state index in [1.165, 1.54) is 0 Å². The van der Waals surface area contributed by atoms with E-state index in [2.05, 4.69) is 0 Å². The second-order valence-corrected chi connectivity index (χ2v) is 4.68. The van der Waals surface area contributed by atoms with Gasteiger partial charge in [-0.15, -0.1) is 0 Å². The summed E-state index contributed by atoms with van der Waals surface area (Å²) in [5, 5.41) is 9.56. The highest BCUT2D eigenvalue weighted by atomic mass is 35.5. The van der Waals surface area contributed by atoms with Crippen LogP contribution in [0.3, 0.4) is 0 Å². The van der Waals surface area contributed by atoms with Gasteiger partial charge in [0.15, 0.2) is 6.10 Å². The number of halogens is 1. The van der Waals surface area contributed by atoms with Crippen LogP contribution in [0.25, 0.3) is 0 Å². The number of rotatable bonds is 4. The average Bonchev–Trinajstić information content (AvgIpc) is 2.48. The van der Waals surface area contributed by atoms with E-state index in [0.717, 1.165) is 0 Å². The third-order valence-electron chi connectivity index (χ3n) is 2.81. The Morgan fingerprint density at radius 2 is 1.85 bits per heavy atom. The first kappa shape index (κ1) is 14.1. The minimum atomic E-state index is -0.675. The number of para-hydroxylation sites is 1. The molecule has 100 valence electrons. The molecule has 0 heterocycles. The van der Waals surface area contributed by atoms with E-state index in [4.69, 9.17) is 21.6 Å². The molecule has 20 heavy (non-hydrogen) atoms. The van der Waals surface area contributed by atoms with Crippen LogP contribution < -0.4 is 4.74 Å². The number of carbonyl (C=O) groups excluding carboxylic acids is 1. The fraction of sp³-hybridized carbons (Fsp3) is 0.125. The van der Waals surface area contributed by atoms with Crippen LogP contribution >= 0.6 is 11.6 Å². The number of nitrogens with zero attached hydrogens (tertiary/aromatic N) is 1. The summed E-state index contributed by atoms with van der Waals surface area (Å²) in [6.07, 6.45) is -0.675. The summed E-state index contributed by atoms with van der Waals surface area (Å²) in [6.45, 7) is 1.66. The third-order valence-corrected chi connectivity index (χ3v) is 3.06. The first-order valence-electron chi connectivity index (χ1n) is 6.07. The maximum Gasteiger partial charge on any atom is 0.202 e. The van der Waals surface area contributed by atoms with Crippen LogP contribution in [0.5, 0.6) is 5.75 Å².